The number of aromatic nitrogens is 3. The molecule has 0 spiro atoms. The predicted molar refractivity (Wildman–Crippen MR) is 225 cm³/mol. The summed E-state index contributed by atoms with van der Waals surface area (Å²) < 4.78 is 0. The van der Waals surface area contributed by atoms with E-state index in [0.29, 0.717) is 0 Å². The topological polar surface area (TPSA) is 38.7 Å². The fraction of sp³-hybridized carbons (Fsp3) is 0. The van der Waals surface area contributed by atoms with Crippen LogP contribution in [-0.4, -0.2) is 61.1 Å². The average Bonchev–Trinajstić information content (AvgIpc) is 3.25. The summed E-state index contributed by atoms with van der Waals surface area (Å²) >= 11 is 0. The molecule has 3 aromatic heterocycles. The molecule has 0 fully saturated rings. The largest absolute Gasteiger partial charge is 3.00 e. The first-order valence-electron chi connectivity index (χ1n) is 17.0. The number of hydrogen-bond acceptors (Lipinski definition) is 3. The van der Waals surface area contributed by atoms with Gasteiger partial charge in [0.05, 0.1) is 0 Å². The molecule has 0 bridgehead atoms. The van der Waals surface area contributed by atoms with E-state index in [-0.39, 0.29) is 100 Å². The summed E-state index contributed by atoms with van der Waals surface area (Å²) in [6.45, 7) is 0. The fourth-order valence-corrected chi connectivity index (χ4v) is 6.13. The molecule has 0 aliphatic rings. The maximum atomic E-state index is 4.64. The van der Waals surface area contributed by atoms with Crippen LogP contribution < -0.4 is 34.0 Å². The molecule has 268 valence electrons. The minimum absolute atomic E-state index is 0. The molecule has 0 aliphatic heterocycles. The molecule has 3 nitrogen and oxygen atoms in total. The fourth-order valence-electron chi connectivity index (χ4n) is 6.13. The molecule has 0 amide bonds. The minimum Gasteiger partial charge on any atom is -1.00 e. The van der Waals surface area contributed by atoms with Crippen LogP contribution in [0.3, 0.4) is 0 Å². The van der Waals surface area contributed by atoms with Crippen LogP contribution in [0.5, 0.6) is 0 Å². The Morgan fingerprint density at radius 2 is 0.860 bits per heavy atom. The van der Waals surface area contributed by atoms with E-state index >= 15 is 0 Å². The zero-order chi connectivity index (χ0) is 35.0. The molecule has 0 saturated carbocycles. The van der Waals surface area contributed by atoms with Crippen molar-refractivity contribution in [2.24, 2.45) is 0 Å². The van der Waals surface area contributed by atoms with Crippen LogP contribution >= 0.6 is 0 Å². The van der Waals surface area contributed by atoms with E-state index < -0.39 is 0 Å². The number of pyridine rings is 3. The summed E-state index contributed by atoms with van der Waals surface area (Å²) in [6, 6.07) is 70.3. The van der Waals surface area contributed by atoms with Crippen molar-refractivity contribution in [3.05, 3.63) is 213 Å². The Hall–Kier alpha value is -3.83. The Morgan fingerprint density at radius 1 is 0.386 bits per heavy atom. The Bertz CT molecular complexity index is 2550. The molecule has 0 N–H and O–H groups in total. The van der Waals surface area contributed by atoms with E-state index in [9.17, 15) is 0 Å². The number of halogens is 2. The van der Waals surface area contributed by atoms with Crippen LogP contribution in [0, 0.1) is 30.3 Å². The van der Waals surface area contributed by atoms with Crippen molar-refractivity contribution < 1.29 is 54.1 Å². The van der Waals surface area contributed by atoms with Crippen LogP contribution in [0.25, 0.3) is 76.9 Å². The standard InChI is InChI=1S/2C19H11N.C11H8N.2BrH.Ir.2Mg/c2*1-2-6-14(7-3-1)17-12-16-11-10-15-8-4-5-9-18(15)19(16)20-13-17;1-2-6-10(7-3-1)11-8-4-5-9-12-11;;;;;/h2*2-8,10-13H;1-6,8-9H;2*1H;;;/q2*-2;-1;;;+3;2*+2/p-2. The van der Waals surface area contributed by atoms with Crippen LogP contribution in [0.2, 0.25) is 0 Å². The van der Waals surface area contributed by atoms with Crippen LogP contribution in [0.1, 0.15) is 0 Å². The van der Waals surface area contributed by atoms with Crippen molar-refractivity contribution in [3.63, 3.8) is 0 Å². The molecule has 0 saturated heterocycles. The zero-order valence-corrected chi connectivity index (χ0v) is 39.1. The molecule has 57 heavy (non-hydrogen) atoms. The van der Waals surface area contributed by atoms with Gasteiger partial charge in [-0.15, -0.1) is 117 Å². The molecule has 0 aliphatic carbocycles. The van der Waals surface area contributed by atoms with Gasteiger partial charge >= 0.3 is 66.2 Å². The van der Waals surface area contributed by atoms with Crippen LogP contribution in [-0.2, 0) is 20.1 Å². The van der Waals surface area contributed by atoms with Crippen molar-refractivity contribution in [2.75, 3.05) is 0 Å². The monoisotopic (exact) mass is 1060 g/mol. The first-order valence-corrected chi connectivity index (χ1v) is 17.0. The smallest absolute Gasteiger partial charge is 1.00 e. The van der Waals surface area contributed by atoms with E-state index in [4.69, 9.17) is 0 Å². The molecular weight excluding hydrogens is 1030 g/mol. The first kappa shape index (κ1) is 47.5. The number of hydrogen-bond donors (Lipinski definition) is 0. The zero-order valence-electron chi connectivity index (χ0n) is 30.7. The normalized spacial score (nSPS) is 9.75. The minimum atomic E-state index is 0. The van der Waals surface area contributed by atoms with Gasteiger partial charge in [0.2, 0.25) is 0 Å². The van der Waals surface area contributed by atoms with Crippen LogP contribution in [0.15, 0.2) is 182 Å². The molecule has 0 unspecified atom stereocenters. The van der Waals surface area contributed by atoms with Gasteiger partial charge in [-0.2, -0.15) is 60.7 Å². The second-order valence-corrected chi connectivity index (χ2v) is 12.1. The Labute approximate surface area is 400 Å². The number of rotatable bonds is 3. The van der Waals surface area contributed by atoms with Gasteiger partial charge in [0, 0.05) is 18.6 Å². The van der Waals surface area contributed by atoms with Crippen molar-refractivity contribution in [3.8, 4) is 33.5 Å². The second kappa shape index (κ2) is 23.5. The van der Waals surface area contributed by atoms with Crippen molar-refractivity contribution in [1.82, 2.24) is 15.0 Å². The summed E-state index contributed by atoms with van der Waals surface area (Å²) in [5, 5.41) is 6.80. The Balaban J connectivity index is 0.000000226. The summed E-state index contributed by atoms with van der Waals surface area (Å²) in [4.78, 5) is 13.5. The van der Waals surface area contributed by atoms with E-state index in [1.165, 1.54) is 10.8 Å². The second-order valence-electron chi connectivity index (χ2n) is 12.1. The van der Waals surface area contributed by atoms with Gasteiger partial charge in [0.15, 0.2) is 0 Å². The number of fused-ring (bicyclic) bond motifs is 6. The van der Waals surface area contributed by atoms with E-state index in [0.717, 1.165) is 66.1 Å². The first-order chi connectivity index (χ1) is 25.8. The summed E-state index contributed by atoms with van der Waals surface area (Å²) in [7, 11) is 0. The van der Waals surface area contributed by atoms with Gasteiger partial charge < -0.3 is 48.9 Å². The van der Waals surface area contributed by atoms with Crippen molar-refractivity contribution in [1.29, 1.82) is 0 Å². The van der Waals surface area contributed by atoms with Gasteiger partial charge in [-0.05, 0) is 44.7 Å². The SMILES string of the molecule is [Br-].[Br-].[Ir+3].[Mg+2].[Mg+2].[c-]1ccc(-c2cnc3c(ccc4ccc[c-]c43)c2)cc1.[c-]1ccc(-c2cnc3c(ccc4ccc[c-]c43)c2)cc1.[c-]1ccccc1-c1ccccn1. The van der Waals surface area contributed by atoms with E-state index in [1.54, 1.807) is 6.20 Å². The average molecular weight is 1060 g/mol. The Morgan fingerprint density at radius 3 is 1.32 bits per heavy atom. The Kier molecular flexibility index (Phi) is 19.6. The van der Waals surface area contributed by atoms with Gasteiger partial charge in [0.1, 0.15) is 0 Å². The predicted octanol–water partition coefficient (Wildman–Crippen LogP) is 5.10. The molecule has 3 heterocycles. The third kappa shape index (κ3) is 11.7. The van der Waals surface area contributed by atoms with Crippen molar-refractivity contribution in [2.45, 2.75) is 0 Å². The van der Waals surface area contributed by atoms with E-state index in [1.807, 2.05) is 103 Å². The van der Waals surface area contributed by atoms with Crippen LogP contribution in [0.4, 0.5) is 0 Å². The molecule has 10 aromatic rings. The third-order valence-corrected chi connectivity index (χ3v) is 8.72. The molecule has 10 rings (SSSR count). The van der Waals surface area contributed by atoms with Gasteiger partial charge in [-0.25, -0.2) is 0 Å². The molecular formula is C49H30Br2IrMg2N3. The molecule has 8 heteroatoms. The third-order valence-electron chi connectivity index (χ3n) is 8.72. The molecule has 7 aromatic carbocycles. The maximum absolute atomic E-state index is 4.64. The van der Waals surface area contributed by atoms with Gasteiger partial charge in [-0.1, -0.05) is 48.5 Å². The van der Waals surface area contributed by atoms with Crippen molar-refractivity contribution >= 4 is 89.5 Å². The van der Waals surface area contributed by atoms with Gasteiger partial charge in [0.25, 0.3) is 0 Å². The summed E-state index contributed by atoms with van der Waals surface area (Å²) in [6.07, 6.45) is 5.64. The summed E-state index contributed by atoms with van der Waals surface area (Å²) in [5.41, 5.74) is 8.61. The quantitative estimate of drug-likeness (QED) is 0.141. The van der Waals surface area contributed by atoms with E-state index in [2.05, 4.69) is 118 Å². The maximum Gasteiger partial charge on any atom is 3.00 e. The molecule has 0 radical (unpaired) electrons. The van der Waals surface area contributed by atoms with Gasteiger partial charge in [-0.3, -0.25) is 0 Å². The summed E-state index contributed by atoms with van der Waals surface area (Å²) in [5.74, 6) is 0. The molecule has 0 atom stereocenters. The number of nitrogens with zero attached hydrogens (tertiary/aromatic N) is 3. The number of benzene rings is 7.